The maximum atomic E-state index is 13.4. The number of rotatable bonds is 5. The summed E-state index contributed by atoms with van der Waals surface area (Å²) in [6.45, 7) is 1.48. The highest BCUT2D eigenvalue weighted by molar-refractivity contribution is 6.40. The van der Waals surface area contributed by atoms with Crippen LogP contribution in [0.2, 0.25) is 0 Å². The van der Waals surface area contributed by atoms with Crippen molar-refractivity contribution in [2.75, 3.05) is 13.7 Å². The maximum absolute atomic E-state index is 13.4. The van der Waals surface area contributed by atoms with E-state index >= 15 is 0 Å². The lowest BCUT2D eigenvalue weighted by molar-refractivity contribution is -0.137. The molecule has 98 valence electrons. The van der Waals surface area contributed by atoms with E-state index in [4.69, 9.17) is 4.74 Å². The summed E-state index contributed by atoms with van der Waals surface area (Å²) in [5.74, 6) is -5.01. The highest BCUT2D eigenvalue weighted by Gasteiger charge is 2.24. The van der Waals surface area contributed by atoms with Gasteiger partial charge in [0.1, 0.15) is 0 Å². The Morgan fingerprint density at radius 2 is 1.94 bits per heavy atom. The highest BCUT2D eigenvalue weighted by Crippen LogP contribution is 2.17. The molecule has 0 aliphatic carbocycles. The van der Waals surface area contributed by atoms with Gasteiger partial charge in [0, 0.05) is 7.11 Å². The number of hydrogen-bond donors (Lipinski definition) is 0. The zero-order valence-corrected chi connectivity index (χ0v) is 9.96. The van der Waals surface area contributed by atoms with Gasteiger partial charge >= 0.3 is 5.97 Å². The fourth-order valence-corrected chi connectivity index (χ4v) is 1.37. The second kappa shape index (κ2) is 6.20. The van der Waals surface area contributed by atoms with Crippen LogP contribution in [0, 0.1) is 11.6 Å². The maximum Gasteiger partial charge on any atom is 0.379 e. The van der Waals surface area contributed by atoms with Crippen LogP contribution in [0.1, 0.15) is 22.8 Å². The fourth-order valence-electron chi connectivity index (χ4n) is 1.37. The number of ketones is 1. The van der Waals surface area contributed by atoms with Crippen LogP contribution >= 0.6 is 0 Å². The van der Waals surface area contributed by atoms with E-state index in [2.05, 4.69) is 4.74 Å². The molecule has 0 saturated heterocycles. The molecule has 1 rings (SSSR count). The van der Waals surface area contributed by atoms with Crippen molar-refractivity contribution >= 4 is 11.8 Å². The first kappa shape index (κ1) is 14.2. The molecular formula is C12H12F2O4. The number of carbonyl (C=O) groups excluding carboxylic acids is 2. The van der Waals surface area contributed by atoms with Gasteiger partial charge in [-0.2, -0.15) is 0 Å². The van der Waals surface area contributed by atoms with Crippen molar-refractivity contribution in [1.82, 2.24) is 0 Å². The molecule has 0 N–H and O–H groups in total. The Balaban J connectivity index is 3.14. The van der Waals surface area contributed by atoms with Crippen molar-refractivity contribution in [3.8, 4) is 0 Å². The third-order valence-corrected chi connectivity index (χ3v) is 2.10. The first-order valence-corrected chi connectivity index (χ1v) is 5.19. The first-order valence-electron chi connectivity index (χ1n) is 5.19. The lowest BCUT2D eigenvalue weighted by Gasteiger charge is -2.06. The zero-order chi connectivity index (χ0) is 13.7. The van der Waals surface area contributed by atoms with Gasteiger partial charge in [0.15, 0.2) is 11.6 Å². The molecule has 0 atom stereocenters. The molecule has 0 bridgehead atoms. The van der Waals surface area contributed by atoms with Gasteiger partial charge in [0.2, 0.25) is 0 Å². The van der Waals surface area contributed by atoms with E-state index < -0.39 is 29.0 Å². The molecule has 0 saturated carbocycles. The Morgan fingerprint density at radius 1 is 1.28 bits per heavy atom. The molecular weight excluding hydrogens is 246 g/mol. The van der Waals surface area contributed by atoms with Gasteiger partial charge in [-0.3, -0.25) is 4.79 Å². The summed E-state index contributed by atoms with van der Waals surface area (Å²) < 4.78 is 35.9. The summed E-state index contributed by atoms with van der Waals surface area (Å²) in [6.07, 6.45) is 0. The highest BCUT2D eigenvalue weighted by atomic mass is 19.2. The minimum atomic E-state index is -1.37. The largest absolute Gasteiger partial charge is 0.460 e. The lowest BCUT2D eigenvalue weighted by atomic mass is 10.1. The Labute approximate surface area is 103 Å². The van der Waals surface area contributed by atoms with Crippen LogP contribution in [0.5, 0.6) is 0 Å². The van der Waals surface area contributed by atoms with Crippen LogP contribution < -0.4 is 0 Å². The number of carbonyl (C=O) groups is 2. The first-order chi connectivity index (χ1) is 8.51. The molecule has 0 spiro atoms. The van der Waals surface area contributed by atoms with Crippen LogP contribution in [0.15, 0.2) is 12.1 Å². The van der Waals surface area contributed by atoms with Crippen LogP contribution in [-0.4, -0.2) is 25.5 Å². The number of halogens is 2. The molecule has 6 heteroatoms. The Hall–Kier alpha value is -1.82. The summed E-state index contributed by atoms with van der Waals surface area (Å²) in [6, 6.07) is 1.97. The van der Waals surface area contributed by atoms with Gasteiger partial charge < -0.3 is 9.47 Å². The van der Waals surface area contributed by atoms with E-state index in [0.29, 0.717) is 0 Å². The third kappa shape index (κ3) is 3.10. The average molecular weight is 258 g/mol. The van der Waals surface area contributed by atoms with E-state index in [1.54, 1.807) is 0 Å². The molecule has 0 aliphatic rings. The molecule has 0 unspecified atom stereocenters. The van der Waals surface area contributed by atoms with Gasteiger partial charge in [-0.1, -0.05) is 0 Å². The van der Waals surface area contributed by atoms with Gasteiger partial charge in [-0.25, -0.2) is 13.6 Å². The monoisotopic (exact) mass is 258 g/mol. The van der Waals surface area contributed by atoms with Crippen molar-refractivity contribution in [1.29, 1.82) is 0 Å². The van der Waals surface area contributed by atoms with Crippen molar-refractivity contribution < 1.29 is 27.8 Å². The van der Waals surface area contributed by atoms with Crippen LogP contribution in [-0.2, 0) is 20.9 Å². The fraction of sp³-hybridized carbons (Fsp3) is 0.333. The van der Waals surface area contributed by atoms with Crippen LogP contribution in [0.25, 0.3) is 0 Å². The minimum absolute atomic E-state index is 0.000303. The average Bonchev–Trinajstić information content (AvgIpc) is 2.33. The van der Waals surface area contributed by atoms with E-state index in [9.17, 15) is 18.4 Å². The molecule has 4 nitrogen and oxygen atoms in total. The topological polar surface area (TPSA) is 52.6 Å². The number of ether oxygens (including phenoxy) is 2. The summed E-state index contributed by atoms with van der Waals surface area (Å²) in [5.41, 5.74) is -0.399. The van der Waals surface area contributed by atoms with Crippen molar-refractivity contribution in [2.24, 2.45) is 0 Å². The Morgan fingerprint density at radius 3 is 2.50 bits per heavy atom. The summed E-state index contributed by atoms with van der Waals surface area (Å²) >= 11 is 0. The summed E-state index contributed by atoms with van der Waals surface area (Å²) in [7, 11) is 1.37. The van der Waals surface area contributed by atoms with E-state index in [1.807, 2.05) is 0 Å². The number of hydrogen-bond acceptors (Lipinski definition) is 4. The lowest BCUT2D eigenvalue weighted by Crippen LogP contribution is -2.19. The van der Waals surface area contributed by atoms with Gasteiger partial charge in [-0.15, -0.1) is 0 Å². The van der Waals surface area contributed by atoms with Crippen molar-refractivity contribution in [2.45, 2.75) is 13.5 Å². The molecule has 0 aromatic heterocycles. The SMILES string of the molecule is CCOC(=O)C(=O)c1cc(COC)cc(F)c1F. The number of Topliss-reactive ketones (excluding diaryl/α,β-unsaturated/α-hetero) is 1. The Kier molecular flexibility index (Phi) is 4.91. The minimum Gasteiger partial charge on any atom is -0.460 e. The van der Waals surface area contributed by atoms with E-state index in [0.717, 1.165) is 12.1 Å². The number of benzene rings is 1. The normalized spacial score (nSPS) is 10.2. The summed E-state index contributed by atoms with van der Waals surface area (Å²) in [5, 5.41) is 0. The second-order valence-electron chi connectivity index (χ2n) is 3.42. The molecule has 1 aromatic rings. The second-order valence-corrected chi connectivity index (χ2v) is 3.42. The third-order valence-electron chi connectivity index (χ3n) is 2.10. The molecule has 1 aromatic carbocycles. The van der Waals surface area contributed by atoms with Crippen LogP contribution in [0.3, 0.4) is 0 Å². The molecule has 0 amide bonds. The number of esters is 1. The molecule has 0 aliphatic heterocycles. The smallest absolute Gasteiger partial charge is 0.379 e. The quantitative estimate of drug-likeness (QED) is 0.459. The molecule has 0 radical (unpaired) electrons. The Bertz CT molecular complexity index is 471. The van der Waals surface area contributed by atoms with Crippen molar-refractivity contribution in [3.63, 3.8) is 0 Å². The zero-order valence-electron chi connectivity index (χ0n) is 9.96. The predicted octanol–water partition coefficient (Wildman–Crippen LogP) is 1.86. The van der Waals surface area contributed by atoms with E-state index in [-0.39, 0.29) is 18.8 Å². The van der Waals surface area contributed by atoms with E-state index in [1.165, 1.54) is 14.0 Å². The number of methoxy groups -OCH3 is 1. The van der Waals surface area contributed by atoms with Crippen LogP contribution in [0.4, 0.5) is 8.78 Å². The standard InChI is InChI=1S/C12H12F2O4/c1-3-18-12(16)11(15)8-4-7(6-17-2)5-9(13)10(8)14/h4-5H,3,6H2,1-2H3. The van der Waals surface area contributed by atoms with Gasteiger partial charge in [0.05, 0.1) is 18.8 Å². The molecule has 18 heavy (non-hydrogen) atoms. The molecule has 0 heterocycles. The summed E-state index contributed by atoms with van der Waals surface area (Å²) in [4.78, 5) is 22.7. The predicted molar refractivity (Wildman–Crippen MR) is 58.0 cm³/mol. The van der Waals surface area contributed by atoms with Gasteiger partial charge in [-0.05, 0) is 24.6 Å². The molecule has 0 fully saturated rings. The van der Waals surface area contributed by atoms with Gasteiger partial charge in [0.25, 0.3) is 5.78 Å². The van der Waals surface area contributed by atoms with Crippen molar-refractivity contribution in [3.05, 3.63) is 34.9 Å².